The van der Waals surface area contributed by atoms with E-state index in [1.54, 1.807) is 14.1 Å². The highest BCUT2D eigenvalue weighted by molar-refractivity contribution is 5.86. The van der Waals surface area contributed by atoms with Gasteiger partial charge in [-0.1, -0.05) is 6.08 Å². The van der Waals surface area contributed by atoms with Gasteiger partial charge in [0.05, 0.1) is 6.42 Å². The van der Waals surface area contributed by atoms with Gasteiger partial charge in [0.2, 0.25) is 5.91 Å². The summed E-state index contributed by atoms with van der Waals surface area (Å²) in [4.78, 5) is 12.0. The smallest absolute Gasteiger partial charge is 0.230 e. The topological polar surface area (TPSA) is 20.3 Å². The highest BCUT2D eigenvalue weighted by Crippen LogP contribution is 1.83. The maximum absolute atomic E-state index is 10.5. The maximum Gasteiger partial charge on any atom is 0.230 e. The Morgan fingerprint density at radius 2 is 2.12 bits per heavy atom. The van der Waals surface area contributed by atoms with Crippen LogP contribution in [0.5, 0.6) is 0 Å². The summed E-state index contributed by atoms with van der Waals surface area (Å²) in [6, 6.07) is 0. The Kier molecular flexibility index (Phi) is 2.92. The molecule has 0 aliphatic heterocycles. The van der Waals surface area contributed by atoms with E-state index in [9.17, 15) is 4.79 Å². The van der Waals surface area contributed by atoms with Crippen molar-refractivity contribution in [2.75, 3.05) is 14.1 Å². The lowest BCUT2D eigenvalue weighted by atomic mass is 10.6. The lowest BCUT2D eigenvalue weighted by Gasteiger charge is -2.05. The second-order valence-electron chi connectivity index (χ2n) is 1.64. The third-order valence-electron chi connectivity index (χ3n) is 0.701. The van der Waals surface area contributed by atoms with Crippen molar-refractivity contribution in [3.63, 3.8) is 0 Å². The van der Waals surface area contributed by atoms with Crippen molar-refractivity contribution >= 4 is 5.91 Å². The fourth-order valence-electron chi connectivity index (χ4n) is 0.250. The summed E-state index contributed by atoms with van der Waals surface area (Å²) in [5.41, 5.74) is 0. The number of hydrogen-bond acceptors (Lipinski definition) is 1. The van der Waals surface area contributed by atoms with Gasteiger partial charge in [-0.15, -0.1) is 6.58 Å². The largest absolute Gasteiger partial charge is 0.348 e. The van der Waals surface area contributed by atoms with E-state index in [1.165, 1.54) is 17.4 Å². The molecule has 0 aromatic rings. The molecule has 0 spiro atoms. The Labute approximate surface area is 49.8 Å². The van der Waals surface area contributed by atoms with Crippen LogP contribution in [0.4, 0.5) is 0 Å². The summed E-state index contributed by atoms with van der Waals surface area (Å²) in [5, 5.41) is 0. The molecule has 0 atom stereocenters. The number of rotatable bonds is 2. The number of nitrogens with zero attached hydrogens (tertiary/aromatic N) is 1. The van der Waals surface area contributed by atoms with Crippen LogP contribution in [-0.2, 0) is 4.79 Å². The Hall–Kier alpha value is -0.790. The summed E-state index contributed by atoms with van der Waals surface area (Å²) < 4.78 is 0. The molecule has 0 aliphatic carbocycles. The van der Waals surface area contributed by atoms with E-state index in [2.05, 4.69) is 6.58 Å². The van der Waals surface area contributed by atoms with Crippen molar-refractivity contribution in [2.45, 2.75) is 0 Å². The van der Waals surface area contributed by atoms with Crippen LogP contribution in [0.3, 0.4) is 0 Å². The molecule has 0 unspecified atom stereocenters. The average molecular weight is 113 g/mol. The highest BCUT2D eigenvalue weighted by atomic mass is 16.2. The first-order valence-electron chi connectivity index (χ1n) is 2.35. The minimum absolute atomic E-state index is 0.0278. The molecule has 45 valence electrons. The summed E-state index contributed by atoms with van der Waals surface area (Å²) in [6.07, 6.45) is 2.89. The van der Waals surface area contributed by atoms with E-state index in [-0.39, 0.29) is 5.91 Å². The second kappa shape index (κ2) is 3.24. The van der Waals surface area contributed by atoms with E-state index in [0.717, 1.165) is 0 Å². The summed E-state index contributed by atoms with van der Waals surface area (Å²) in [6.45, 7) is 3.38. The van der Waals surface area contributed by atoms with E-state index in [4.69, 9.17) is 0 Å². The fourth-order valence-corrected chi connectivity index (χ4v) is 0.250. The third-order valence-corrected chi connectivity index (χ3v) is 0.701. The molecule has 0 aromatic heterocycles. The van der Waals surface area contributed by atoms with Gasteiger partial charge in [-0.25, -0.2) is 0 Å². The molecule has 0 bridgehead atoms. The zero-order valence-corrected chi connectivity index (χ0v) is 5.22. The van der Waals surface area contributed by atoms with Crippen LogP contribution in [0.1, 0.15) is 0 Å². The second-order valence-corrected chi connectivity index (χ2v) is 1.64. The molecule has 2 nitrogen and oxygen atoms in total. The Balaban J connectivity index is 3.48. The quantitative estimate of drug-likeness (QED) is 0.476. The molecular formula is C6H10NO. The minimum Gasteiger partial charge on any atom is -0.348 e. The molecule has 0 aliphatic rings. The number of hydrogen-bond donors (Lipinski definition) is 0. The minimum atomic E-state index is -0.0278. The Morgan fingerprint density at radius 1 is 1.62 bits per heavy atom. The van der Waals surface area contributed by atoms with Crippen molar-refractivity contribution in [3.8, 4) is 0 Å². The molecule has 0 saturated heterocycles. The van der Waals surface area contributed by atoms with Crippen LogP contribution in [0, 0.1) is 6.42 Å². The lowest BCUT2D eigenvalue weighted by Crippen LogP contribution is -2.20. The first kappa shape index (κ1) is 7.21. The fraction of sp³-hybridized carbons (Fsp3) is 0.333. The van der Waals surface area contributed by atoms with E-state index >= 15 is 0 Å². The molecule has 1 amide bonds. The summed E-state index contributed by atoms with van der Waals surface area (Å²) in [7, 11) is 3.39. The predicted octanol–water partition coefficient (Wildman–Crippen LogP) is 0.465. The van der Waals surface area contributed by atoms with Crippen molar-refractivity contribution in [3.05, 3.63) is 19.1 Å². The molecule has 0 saturated carbocycles. The first-order chi connectivity index (χ1) is 3.68. The van der Waals surface area contributed by atoms with Gasteiger partial charge in [-0.05, 0) is 0 Å². The van der Waals surface area contributed by atoms with Crippen LogP contribution < -0.4 is 0 Å². The maximum atomic E-state index is 10.5. The van der Waals surface area contributed by atoms with Gasteiger partial charge in [0.25, 0.3) is 0 Å². The Bertz CT molecular complexity index is 96.7. The van der Waals surface area contributed by atoms with Gasteiger partial charge in [0.1, 0.15) is 0 Å². The predicted molar refractivity (Wildman–Crippen MR) is 33.2 cm³/mol. The van der Waals surface area contributed by atoms with Crippen molar-refractivity contribution in [1.29, 1.82) is 0 Å². The molecule has 0 N–H and O–H groups in total. The molecule has 0 fully saturated rings. The SMILES string of the molecule is C=C[CH][13C](=O)N(C)C. The van der Waals surface area contributed by atoms with Crippen LogP contribution >= 0.6 is 0 Å². The van der Waals surface area contributed by atoms with Crippen molar-refractivity contribution in [1.82, 2.24) is 4.90 Å². The van der Waals surface area contributed by atoms with E-state index in [1.807, 2.05) is 0 Å². The summed E-state index contributed by atoms with van der Waals surface area (Å²) >= 11 is 0. The van der Waals surface area contributed by atoms with Gasteiger partial charge in [-0.3, -0.25) is 4.79 Å². The highest BCUT2D eigenvalue weighted by Gasteiger charge is 1.97. The van der Waals surface area contributed by atoms with E-state index in [0.29, 0.717) is 0 Å². The third kappa shape index (κ3) is 2.39. The van der Waals surface area contributed by atoms with Gasteiger partial charge in [0.15, 0.2) is 0 Å². The zero-order valence-electron chi connectivity index (χ0n) is 5.22. The van der Waals surface area contributed by atoms with Gasteiger partial charge >= 0.3 is 0 Å². The molecule has 1 radical (unpaired) electrons. The summed E-state index contributed by atoms with van der Waals surface area (Å²) in [5.74, 6) is -0.0278. The molecule has 0 heterocycles. The molecular weight excluding hydrogens is 103 g/mol. The van der Waals surface area contributed by atoms with Crippen molar-refractivity contribution in [2.24, 2.45) is 0 Å². The average Bonchev–Trinajstić information content (AvgIpc) is 1.67. The number of amides is 1. The normalized spacial score (nSPS) is 8.25. The van der Waals surface area contributed by atoms with E-state index < -0.39 is 0 Å². The van der Waals surface area contributed by atoms with Crippen LogP contribution in [-0.4, -0.2) is 24.9 Å². The molecule has 0 aromatic carbocycles. The molecule has 8 heavy (non-hydrogen) atoms. The van der Waals surface area contributed by atoms with Gasteiger partial charge in [-0.2, -0.15) is 0 Å². The van der Waals surface area contributed by atoms with Gasteiger partial charge < -0.3 is 4.90 Å². The van der Waals surface area contributed by atoms with Crippen LogP contribution in [0.25, 0.3) is 0 Å². The number of carbonyl (C=O) groups excluding carboxylic acids is 1. The Morgan fingerprint density at radius 3 is 2.25 bits per heavy atom. The van der Waals surface area contributed by atoms with Crippen molar-refractivity contribution < 1.29 is 4.79 Å². The standard InChI is InChI=1S/C6H10NO/c1-4-5-6(8)7(2)3/h4-5H,1H2,2-3H3/i6+1. The zero-order chi connectivity index (χ0) is 6.57. The lowest BCUT2D eigenvalue weighted by molar-refractivity contribution is -0.124. The monoisotopic (exact) mass is 113 g/mol. The van der Waals surface area contributed by atoms with Gasteiger partial charge in [0, 0.05) is 14.1 Å². The number of carbonyl (C=O) groups is 1. The molecule has 2 heteroatoms. The van der Waals surface area contributed by atoms with Crippen LogP contribution in [0.15, 0.2) is 12.7 Å². The first-order valence-corrected chi connectivity index (χ1v) is 2.35. The van der Waals surface area contributed by atoms with Crippen LogP contribution in [0.2, 0.25) is 0 Å². The molecule has 0 rings (SSSR count).